The number of carbonyl (C=O) groups is 4. The zero-order chi connectivity index (χ0) is 26.9. The lowest BCUT2D eigenvalue weighted by atomic mass is 10.1. The van der Waals surface area contributed by atoms with Gasteiger partial charge in [-0.05, 0) is 61.4 Å². The number of nitro groups is 1. The van der Waals surface area contributed by atoms with Gasteiger partial charge in [0.15, 0.2) is 0 Å². The Morgan fingerprint density at radius 2 is 1.51 bits per heavy atom. The first-order valence-corrected chi connectivity index (χ1v) is 10.8. The Kier molecular flexibility index (Phi) is 8.44. The maximum absolute atomic E-state index is 12.1. The second-order valence-electron chi connectivity index (χ2n) is 7.70. The number of benzene rings is 2. The Balaban J connectivity index is 1.43. The topological polar surface area (TPSA) is 185 Å². The quantitative estimate of drug-likeness (QED) is 0.164. The molecule has 0 fully saturated rings. The number of hydrazone groups is 1. The summed E-state index contributed by atoms with van der Waals surface area (Å²) in [6.07, 6.45) is 1.13. The highest BCUT2D eigenvalue weighted by molar-refractivity contribution is 6.40. The van der Waals surface area contributed by atoms with E-state index in [0.717, 1.165) is 17.3 Å². The number of nitro benzene ring substituents is 1. The Labute approximate surface area is 210 Å². The third kappa shape index (κ3) is 7.58. The van der Waals surface area contributed by atoms with Crippen molar-refractivity contribution in [1.82, 2.24) is 10.7 Å². The van der Waals surface area contributed by atoms with Crippen LogP contribution >= 0.6 is 0 Å². The van der Waals surface area contributed by atoms with E-state index < -0.39 is 28.6 Å². The Bertz CT molecular complexity index is 1380. The van der Waals surface area contributed by atoms with Crippen LogP contribution < -0.4 is 21.4 Å². The molecule has 0 saturated carbocycles. The Morgan fingerprint density at radius 3 is 2.19 bits per heavy atom. The largest absolute Gasteiger partial charge is 0.458 e. The van der Waals surface area contributed by atoms with Gasteiger partial charge in [-0.3, -0.25) is 29.3 Å². The summed E-state index contributed by atoms with van der Waals surface area (Å²) >= 11 is 0. The van der Waals surface area contributed by atoms with Gasteiger partial charge in [-0.1, -0.05) is 6.07 Å². The second kappa shape index (κ2) is 11.9. The number of furan rings is 1. The van der Waals surface area contributed by atoms with E-state index in [1.54, 1.807) is 12.1 Å². The summed E-state index contributed by atoms with van der Waals surface area (Å²) < 4.78 is 5.43. The average molecular weight is 506 g/mol. The number of carbonyl (C=O) groups excluding carboxylic acids is 4. The predicted molar refractivity (Wildman–Crippen MR) is 133 cm³/mol. The lowest BCUT2D eigenvalue weighted by molar-refractivity contribution is -0.384. The first-order valence-electron chi connectivity index (χ1n) is 10.8. The summed E-state index contributed by atoms with van der Waals surface area (Å²) in [6, 6.07) is 13.3. The molecule has 0 aliphatic carbocycles. The van der Waals surface area contributed by atoms with Gasteiger partial charge in [0.05, 0.1) is 17.7 Å². The molecule has 190 valence electrons. The van der Waals surface area contributed by atoms with Gasteiger partial charge in [-0.2, -0.15) is 5.10 Å². The molecule has 4 N–H and O–H groups in total. The van der Waals surface area contributed by atoms with E-state index in [4.69, 9.17) is 4.42 Å². The molecule has 0 aliphatic heterocycles. The van der Waals surface area contributed by atoms with Gasteiger partial charge in [0.1, 0.15) is 11.5 Å². The SMILES string of the molecule is Cc1ccc(NC(=O)C(=O)NCc2ccc(/C=N/NC(=O)C(=O)Nc3ccc([N+](=O)[O-])cc3)o2)cc1C. The standard InChI is InChI=1S/C24H22N6O7/c1-14-3-4-17(11-15(14)2)28-22(32)21(31)25-12-19-9-10-20(37-19)13-26-29-24(34)23(33)27-16-5-7-18(8-6-16)30(35)36/h3-11,13H,12H2,1-2H3,(H,25,31)(H,27,33)(H,28,32)(H,29,34)/b26-13+. The summed E-state index contributed by atoms with van der Waals surface area (Å²) in [5.41, 5.74) is 4.58. The van der Waals surface area contributed by atoms with E-state index in [-0.39, 0.29) is 23.7 Å². The molecule has 0 bridgehead atoms. The molecule has 37 heavy (non-hydrogen) atoms. The van der Waals surface area contributed by atoms with Crippen LogP contribution in [0.4, 0.5) is 17.1 Å². The number of rotatable bonds is 7. The summed E-state index contributed by atoms with van der Waals surface area (Å²) in [5.74, 6) is -3.27. The number of amides is 4. The minimum atomic E-state index is -1.08. The monoisotopic (exact) mass is 506 g/mol. The zero-order valence-electron chi connectivity index (χ0n) is 19.7. The van der Waals surface area contributed by atoms with Crippen molar-refractivity contribution in [2.45, 2.75) is 20.4 Å². The molecule has 13 heteroatoms. The van der Waals surface area contributed by atoms with Crippen molar-refractivity contribution in [1.29, 1.82) is 0 Å². The normalized spacial score (nSPS) is 10.5. The lowest BCUT2D eigenvalue weighted by Gasteiger charge is -2.07. The van der Waals surface area contributed by atoms with Crippen LogP contribution in [0.3, 0.4) is 0 Å². The summed E-state index contributed by atoms with van der Waals surface area (Å²) in [7, 11) is 0. The minimum absolute atomic E-state index is 0.0724. The van der Waals surface area contributed by atoms with Crippen LogP contribution in [0.25, 0.3) is 0 Å². The number of nitrogens with zero attached hydrogens (tertiary/aromatic N) is 2. The first-order chi connectivity index (χ1) is 17.6. The molecule has 2 aromatic carbocycles. The van der Waals surface area contributed by atoms with Crippen molar-refractivity contribution in [3.05, 3.63) is 87.4 Å². The van der Waals surface area contributed by atoms with E-state index >= 15 is 0 Å². The molecule has 1 aromatic heterocycles. The van der Waals surface area contributed by atoms with E-state index in [9.17, 15) is 29.3 Å². The van der Waals surface area contributed by atoms with Gasteiger partial charge in [0.2, 0.25) is 0 Å². The molecule has 3 aromatic rings. The van der Waals surface area contributed by atoms with Crippen molar-refractivity contribution in [3.63, 3.8) is 0 Å². The average Bonchev–Trinajstić information content (AvgIpc) is 3.32. The van der Waals surface area contributed by atoms with Gasteiger partial charge < -0.3 is 20.4 Å². The van der Waals surface area contributed by atoms with Crippen molar-refractivity contribution < 1.29 is 28.5 Å². The maximum Gasteiger partial charge on any atom is 0.329 e. The zero-order valence-corrected chi connectivity index (χ0v) is 19.7. The summed E-state index contributed by atoms with van der Waals surface area (Å²) in [5, 5.41) is 21.5. The van der Waals surface area contributed by atoms with Gasteiger partial charge in [-0.15, -0.1) is 0 Å². The molecule has 0 atom stereocenters. The van der Waals surface area contributed by atoms with Crippen LogP contribution in [0, 0.1) is 24.0 Å². The molecule has 0 saturated heterocycles. The Hall–Kier alpha value is -5.33. The molecule has 1 heterocycles. The van der Waals surface area contributed by atoms with Gasteiger partial charge in [-0.25, -0.2) is 5.43 Å². The number of hydrogen-bond acceptors (Lipinski definition) is 8. The van der Waals surface area contributed by atoms with Crippen LogP contribution in [0.15, 0.2) is 64.1 Å². The van der Waals surface area contributed by atoms with Crippen molar-refractivity contribution in [2.24, 2.45) is 5.10 Å². The molecule has 0 radical (unpaired) electrons. The number of anilines is 2. The van der Waals surface area contributed by atoms with E-state index in [1.807, 2.05) is 25.3 Å². The molecular weight excluding hydrogens is 484 g/mol. The minimum Gasteiger partial charge on any atom is -0.458 e. The van der Waals surface area contributed by atoms with Crippen molar-refractivity contribution in [3.8, 4) is 0 Å². The second-order valence-corrected chi connectivity index (χ2v) is 7.70. The van der Waals surface area contributed by atoms with Crippen LogP contribution in [0.5, 0.6) is 0 Å². The number of nitrogens with one attached hydrogen (secondary N) is 4. The fourth-order valence-electron chi connectivity index (χ4n) is 2.87. The highest BCUT2D eigenvalue weighted by Gasteiger charge is 2.15. The van der Waals surface area contributed by atoms with Gasteiger partial charge in [0, 0.05) is 23.5 Å². The molecule has 3 rings (SSSR count). The highest BCUT2D eigenvalue weighted by atomic mass is 16.6. The third-order valence-electron chi connectivity index (χ3n) is 4.98. The van der Waals surface area contributed by atoms with E-state index in [2.05, 4.69) is 21.1 Å². The third-order valence-corrected chi connectivity index (χ3v) is 4.98. The maximum atomic E-state index is 12.1. The van der Waals surface area contributed by atoms with Gasteiger partial charge >= 0.3 is 23.6 Å². The summed E-state index contributed by atoms with van der Waals surface area (Å²) in [4.78, 5) is 58.0. The smallest absolute Gasteiger partial charge is 0.329 e. The molecule has 0 aliphatic rings. The van der Waals surface area contributed by atoms with Crippen molar-refractivity contribution in [2.75, 3.05) is 10.6 Å². The molecule has 0 spiro atoms. The number of non-ortho nitro benzene ring substituents is 1. The van der Waals surface area contributed by atoms with Crippen LogP contribution in [0.1, 0.15) is 22.6 Å². The Morgan fingerprint density at radius 1 is 0.865 bits per heavy atom. The van der Waals surface area contributed by atoms with E-state index in [1.165, 1.54) is 36.4 Å². The fourth-order valence-corrected chi connectivity index (χ4v) is 2.87. The predicted octanol–water partition coefficient (Wildman–Crippen LogP) is 2.15. The van der Waals surface area contributed by atoms with Crippen molar-refractivity contribution >= 4 is 46.9 Å². The summed E-state index contributed by atoms with van der Waals surface area (Å²) in [6.45, 7) is 3.76. The molecule has 0 unspecified atom stereocenters. The highest BCUT2D eigenvalue weighted by Crippen LogP contribution is 2.15. The van der Waals surface area contributed by atoms with Crippen LogP contribution in [0.2, 0.25) is 0 Å². The first kappa shape index (κ1) is 26.3. The molecular formula is C24H22N6O7. The van der Waals surface area contributed by atoms with Crippen LogP contribution in [-0.4, -0.2) is 34.8 Å². The number of aryl methyl sites for hydroxylation is 2. The molecule has 13 nitrogen and oxygen atoms in total. The fraction of sp³-hybridized carbons (Fsp3) is 0.125. The van der Waals surface area contributed by atoms with Gasteiger partial charge in [0.25, 0.3) is 5.69 Å². The lowest BCUT2D eigenvalue weighted by Crippen LogP contribution is -2.34. The number of hydrogen-bond donors (Lipinski definition) is 4. The molecule has 4 amide bonds. The van der Waals surface area contributed by atoms with Crippen LogP contribution in [-0.2, 0) is 25.7 Å². The van der Waals surface area contributed by atoms with E-state index in [0.29, 0.717) is 11.4 Å².